The minimum Gasteiger partial charge on any atom is -0.493 e. The van der Waals surface area contributed by atoms with Crippen molar-refractivity contribution in [3.05, 3.63) is 52.7 Å². The van der Waals surface area contributed by atoms with E-state index in [4.69, 9.17) is 23.7 Å². The van der Waals surface area contributed by atoms with Gasteiger partial charge in [0.1, 0.15) is 0 Å². The van der Waals surface area contributed by atoms with E-state index >= 15 is 0 Å². The molecule has 2 aliphatic rings. The number of para-hydroxylation sites is 1. The molecule has 34 heavy (non-hydrogen) atoms. The minimum absolute atomic E-state index is 0.00475. The summed E-state index contributed by atoms with van der Waals surface area (Å²) >= 11 is 0. The van der Waals surface area contributed by atoms with Crippen LogP contribution in [0.15, 0.2) is 41.6 Å². The molecule has 2 aromatic carbocycles. The Morgan fingerprint density at radius 1 is 0.765 bits per heavy atom. The summed E-state index contributed by atoms with van der Waals surface area (Å²) in [5.74, 6) is 1.96. The second-order valence-electron chi connectivity index (χ2n) is 8.27. The third-order valence-electron chi connectivity index (χ3n) is 6.50. The first-order valence-corrected chi connectivity index (χ1v) is 11.0. The number of rotatable bonds is 7. The van der Waals surface area contributed by atoms with Crippen molar-refractivity contribution in [2.24, 2.45) is 0 Å². The molecule has 0 radical (unpaired) electrons. The second-order valence-corrected chi connectivity index (χ2v) is 8.27. The fourth-order valence-corrected chi connectivity index (χ4v) is 4.98. The maximum absolute atomic E-state index is 13.5. The van der Waals surface area contributed by atoms with Gasteiger partial charge in [-0.3, -0.25) is 9.59 Å². The lowest BCUT2D eigenvalue weighted by Gasteiger charge is -2.35. The lowest BCUT2D eigenvalue weighted by Crippen LogP contribution is -2.38. The summed E-state index contributed by atoms with van der Waals surface area (Å²) in [6.07, 6.45) is 0.979. The van der Waals surface area contributed by atoms with Crippen molar-refractivity contribution < 1.29 is 33.3 Å². The van der Waals surface area contributed by atoms with Crippen molar-refractivity contribution in [2.45, 2.75) is 31.1 Å². The van der Waals surface area contributed by atoms with Crippen molar-refractivity contribution in [3.63, 3.8) is 0 Å². The molecule has 0 fully saturated rings. The van der Waals surface area contributed by atoms with Crippen LogP contribution >= 0.6 is 0 Å². The minimum atomic E-state index is -0.401. The smallest absolute Gasteiger partial charge is 0.225 e. The van der Waals surface area contributed by atoms with E-state index in [-0.39, 0.29) is 24.0 Å². The number of ether oxygens (including phenoxy) is 5. The standard InChI is InChI=1S/C26H29NO7/c1-30-20-8-6-7-16(25(20)33-4)17-13-23(29)27-18-9-14(10-19(28)24(17)18)15-11-21(31-2)26(34-5)22(12-15)32-3/h6-8,11-12,14,17H,9-10,13H2,1-5H3,(H,27,29). The molecule has 180 valence electrons. The first-order valence-electron chi connectivity index (χ1n) is 11.0. The van der Waals surface area contributed by atoms with Crippen LogP contribution in [0.5, 0.6) is 28.7 Å². The maximum Gasteiger partial charge on any atom is 0.225 e. The zero-order valence-electron chi connectivity index (χ0n) is 20.0. The molecule has 2 unspecified atom stereocenters. The van der Waals surface area contributed by atoms with Crippen LogP contribution in [0.1, 0.15) is 42.2 Å². The molecular weight excluding hydrogens is 438 g/mol. The van der Waals surface area contributed by atoms with E-state index in [1.165, 1.54) is 0 Å². The van der Waals surface area contributed by atoms with Gasteiger partial charge in [0.05, 0.1) is 35.5 Å². The molecule has 0 saturated heterocycles. The number of hydrogen-bond donors (Lipinski definition) is 1. The zero-order chi connectivity index (χ0) is 24.4. The average molecular weight is 468 g/mol. The Labute approximate surface area is 198 Å². The van der Waals surface area contributed by atoms with Gasteiger partial charge >= 0.3 is 0 Å². The Bertz CT molecular complexity index is 1130. The molecule has 4 rings (SSSR count). The first kappa shape index (κ1) is 23.5. The molecule has 0 spiro atoms. The molecule has 0 bridgehead atoms. The van der Waals surface area contributed by atoms with Gasteiger partial charge in [-0.25, -0.2) is 0 Å². The second kappa shape index (κ2) is 9.67. The molecule has 0 aromatic heterocycles. The van der Waals surface area contributed by atoms with Crippen molar-refractivity contribution in [3.8, 4) is 28.7 Å². The molecular formula is C26H29NO7. The predicted octanol–water partition coefficient (Wildman–Crippen LogP) is 3.73. The van der Waals surface area contributed by atoms with Crippen LogP contribution in [0.4, 0.5) is 0 Å². The van der Waals surface area contributed by atoms with Crippen LogP contribution in [-0.2, 0) is 9.59 Å². The highest BCUT2D eigenvalue weighted by Gasteiger charge is 2.40. The van der Waals surface area contributed by atoms with Gasteiger partial charge in [0.2, 0.25) is 11.7 Å². The number of amides is 1. The van der Waals surface area contributed by atoms with Crippen LogP contribution in [-0.4, -0.2) is 47.2 Å². The largest absolute Gasteiger partial charge is 0.493 e. The lowest BCUT2D eigenvalue weighted by molar-refractivity contribution is -0.122. The zero-order valence-corrected chi connectivity index (χ0v) is 20.0. The van der Waals surface area contributed by atoms with E-state index in [0.717, 1.165) is 11.1 Å². The Morgan fingerprint density at radius 3 is 2.00 bits per heavy atom. The first-order chi connectivity index (χ1) is 16.4. The maximum atomic E-state index is 13.5. The highest BCUT2D eigenvalue weighted by atomic mass is 16.5. The summed E-state index contributed by atoms with van der Waals surface area (Å²) in [7, 11) is 7.78. The van der Waals surface area contributed by atoms with E-state index in [1.807, 2.05) is 24.3 Å². The Balaban J connectivity index is 1.76. The third-order valence-corrected chi connectivity index (χ3v) is 6.50. The van der Waals surface area contributed by atoms with Gasteiger partial charge in [-0.1, -0.05) is 12.1 Å². The average Bonchev–Trinajstić information content (AvgIpc) is 2.86. The van der Waals surface area contributed by atoms with Crippen LogP contribution < -0.4 is 29.0 Å². The van der Waals surface area contributed by atoms with Crippen LogP contribution in [0.3, 0.4) is 0 Å². The Kier molecular flexibility index (Phi) is 6.68. The van der Waals surface area contributed by atoms with Crippen LogP contribution in [0.25, 0.3) is 0 Å². The Morgan fingerprint density at radius 2 is 1.41 bits per heavy atom. The third kappa shape index (κ3) is 4.04. The number of allylic oxidation sites excluding steroid dienone is 2. The number of nitrogens with one attached hydrogen (secondary N) is 1. The van der Waals surface area contributed by atoms with Gasteiger partial charge in [0, 0.05) is 35.6 Å². The van der Waals surface area contributed by atoms with Crippen molar-refractivity contribution in [1.29, 1.82) is 0 Å². The van der Waals surface area contributed by atoms with Gasteiger partial charge in [0.25, 0.3) is 0 Å². The fraction of sp³-hybridized carbons (Fsp3) is 0.385. The molecule has 8 nitrogen and oxygen atoms in total. The van der Waals surface area contributed by atoms with Crippen molar-refractivity contribution in [1.82, 2.24) is 5.32 Å². The van der Waals surface area contributed by atoms with E-state index < -0.39 is 5.92 Å². The molecule has 1 amide bonds. The summed E-state index contributed by atoms with van der Waals surface area (Å²) in [4.78, 5) is 26.2. The number of ketones is 1. The highest BCUT2D eigenvalue weighted by Crippen LogP contribution is 2.48. The van der Waals surface area contributed by atoms with Crippen molar-refractivity contribution in [2.75, 3.05) is 35.5 Å². The number of methoxy groups -OCH3 is 5. The summed E-state index contributed by atoms with van der Waals surface area (Å²) < 4.78 is 27.4. The molecule has 1 aliphatic heterocycles. The van der Waals surface area contributed by atoms with E-state index in [2.05, 4.69) is 5.32 Å². The molecule has 1 heterocycles. The lowest BCUT2D eigenvalue weighted by atomic mass is 9.73. The molecule has 8 heteroatoms. The topological polar surface area (TPSA) is 92.3 Å². The molecule has 1 aliphatic carbocycles. The van der Waals surface area contributed by atoms with E-state index in [1.54, 1.807) is 41.6 Å². The molecule has 0 saturated carbocycles. The SMILES string of the molecule is COc1cc(C2CC(=O)C3=C(C2)NC(=O)CC3c2cccc(OC)c2OC)cc(OC)c1OC. The van der Waals surface area contributed by atoms with Gasteiger partial charge < -0.3 is 29.0 Å². The number of hydrogen-bond acceptors (Lipinski definition) is 7. The number of carbonyl (C=O) groups excluding carboxylic acids is 2. The molecule has 2 atom stereocenters. The molecule has 2 aromatic rings. The van der Waals surface area contributed by atoms with Crippen LogP contribution in [0.2, 0.25) is 0 Å². The van der Waals surface area contributed by atoms with Gasteiger partial charge in [0.15, 0.2) is 28.8 Å². The fourth-order valence-electron chi connectivity index (χ4n) is 4.98. The van der Waals surface area contributed by atoms with Crippen LogP contribution in [0, 0.1) is 0 Å². The predicted molar refractivity (Wildman–Crippen MR) is 125 cm³/mol. The van der Waals surface area contributed by atoms with E-state index in [9.17, 15) is 9.59 Å². The van der Waals surface area contributed by atoms with Crippen molar-refractivity contribution >= 4 is 11.7 Å². The van der Waals surface area contributed by atoms with E-state index in [0.29, 0.717) is 52.9 Å². The van der Waals surface area contributed by atoms with Gasteiger partial charge in [-0.2, -0.15) is 0 Å². The summed E-state index contributed by atoms with van der Waals surface area (Å²) in [5, 5.41) is 2.95. The highest BCUT2D eigenvalue weighted by molar-refractivity contribution is 6.02. The summed E-state index contributed by atoms with van der Waals surface area (Å²) in [6.45, 7) is 0. The molecule has 1 N–H and O–H groups in total. The van der Waals surface area contributed by atoms with Gasteiger partial charge in [-0.15, -0.1) is 0 Å². The normalized spacial score (nSPS) is 19.8. The van der Waals surface area contributed by atoms with Gasteiger partial charge in [-0.05, 0) is 36.1 Å². The number of benzene rings is 2. The Hall–Kier alpha value is -3.68. The number of Topliss-reactive ketones (excluding diaryl/α,β-unsaturated/α-hetero) is 1. The summed E-state index contributed by atoms with van der Waals surface area (Å²) in [5.41, 5.74) is 2.93. The monoisotopic (exact) mass is 467 g/mol. The quantitative estimate of drug-likeness (QED) is 0.663. The number of carbonyl (C=O) groups is 2. The summed E-state index contributed by atoms with van der Waals surface area (Å²) in [6, 6.07) is 9.24.